The van der Waals surface area contributed by atoms with Gasteiger partial charge in [0, 0.05) is 0 Å². The van der Waals surface area contributed by atoms with Crippen LogP contribution in [0, 0.1) is 5.82 Å². The van der Waals surface area contributed by atoms with Gasteiger partial charge in [-0.3, -0.25) is 10.2 Å². The summed E-state index contributed by atoms with van der Waals surface area (Å²) in [7, 11) is 0. The molecule has 1 aromatic rings. The smallest absolute Gasteiger partial charge is 0.330 e. The normalized spacial score (nSPS) is 9.21. The number of hydrogen-bond donors (Lipinski definition) is 3. The van der Waals surface area contributed by atoms with Gasteiger partial charge >= 0.3 is 6.03 Å². The van der Waals surface area contributed by atoms with Crippen LogP contribution >= 0.6 is 0 Å². The molecule has 0 aliphatic carbocycles. The molecule has 0 saturated heterocycles. The predicted molar refractivity (Wildman–Crippen MR) is 44.4 cm³/mol. The van der Waals surface area contributed by atoms with Gasteiger partial charge in [0.05, 0.1) is 6.20 Å². The van der Waals surface area contributed by atoms with Crippen molar-refractivity contribution in [2.45, 2.75) is 0 Å². The minimum absolute atomic E-state index is 0.0276. The number of pyridine rings is 1. The van der Waals surface area contributed by atoms with Crippen molar-refractivity contribution in [3.8, 4) is 0 Å². The zero-order valence-corrected chi connectivity index (χ0v) is 6.95. The number of hydrogen-bond acceptors (Lipinski definition) is 3. The summed E-state index contributed by atoms with van der Waals surface area (Å²) in [6.07, 6.45) is 0.888. The summed E-state index contributed by atoms with van der Waals surface area (Å²) in [6.45, 7) is 0. The summed E-state index contributed by atoms with van der Waals surface area (Å²) < 4.78 is 12.4. The molecular weight excluding hydrogens is 191 g/mol. The summed E-state index contributed by atoms with van der Waals surface area (Å²) in [5.41, 5.74) is 8.50. The molecule has 0 saturated carbocycles. The third kappa shape index (κ3) is 2.70. The second-order valence-electron chi connectivity index (χ2n) is 2.31. The van der Waals surface area contributed by atoms with Gasteiger partial charge in [0.1, 0.15) is 11.5 Å². The van der Waals surface area contributed by atoms with E-state index in [1.807, 2.05) is 10.9 Å². The van der Waals surface area contributed by atoms with Crippen molar-refractivity contribution >= 4 is 11.9 Å². The highest BCUT2D eigenvalue weighted by Gasteiger charge is 2.06. The highest BCUT2D eigenvalue weighted by atomic mass is 19.1. The molecular formula is C7H7FN4O2. The fraction of sp³-hybridized carbons (Fsp3) is 0. The van der Waals surface area contributed by atoms with Gasteiger partial charge in [0.25, 0.3) is 5.91 Å². The maximum absolute atomic E-state index is 12.4. The molecule has 1 aromatic heterocycles. The van der Waals surface area contributed by atoms with Gasteiger partial charge in [-0.05, 0) is 12.1 Å². The van der Waals surface area contributed by atoms with E-state index in [2.05, 4.69) is 4.98 Å². The molecule has 0 aliphatic rings. The van der Waals surface area contributed by atoms with Crippen LogP contribution in [0.1, 0.15) is 10.5 Å². The molecule has 0 aromatic carbocycles. The first-order valence-corrected chi connectivity index (χ1v) is 3.57. The summed E-state index contributed by atoms with van der Waals surface area (Å²) in [5.74, 6) is -1.23. The number of primary amides is 1. The topological polar surface area (TPSA) is 97.1 Å². The molecule has 3 amide bonds. The maximum Gasteiger partial charge on any atom is 0.330 e. The molecule has 0 spiro atoms. The number of nitrogens with zero attached hydrogens (tertiary/aromatic N) is 1. The van der Waals surface area contributed by atoms with Crippen LogP contribution in [0.3, 0.4) is 0 Å². The van der Waals surface area contributed by atoms with E-state index < -0.39 is 17.8 Å². The van der Waals surface area contributed by atoms with Crippen molar-refractivity contribution in [3.63, 3.8) is 0 Å². The van der Waals surface area contributed by atoms with Crippen molar-refractivity contribution in [2.75, 3.05) is 0 Å². The molecule has 1 heterocycles. The van der Waals surface area contributed by atoms with E-state index >= 15 is 0 Å². The lowest BCUT2D eigenvalue weighted by Gasteiger charge is -2.03. The maximum atomic E-state index is 12.4. The van der Waals surface area contributed by atoms with Gasteiger partial charge in [-0.1, -0.05) is 0 Å². The molecule has 0 unspecified atom stereocenters. The second-order valence-corrected chi connectivity index (χ2v) is 2.31. The lowest BCUT2D eigenvalue weighted by molar-refractivity contribution is 0.0932. The number of carbonyl (C=O) groups is 2. The molecule has 1 rings (SSSR count). The Balaban J connectivity index is 2.61. The van der Waals surface area contributed by atoms with Crippen LogP contribution in [0.2, 0.25) is 0 Å². The van der Waals surface area contributed by atoms with E-state index in [0.29, 0.717) is 0 Å². The van der Waals surface area contributed by atoms with E-state index in [1.165, 1.54) is 6.07 Å². The first-order chi connectivity index (χ1) is 6.59. The molecule has 14 heavy (non-hydrogen) atoms. The van der Waals surface area contributed by atoms with E-state index in [9.17, 15) is 14.0 Å². The second kappa shape index (κ2) is 4.17. The number of carbonyl (C=O) groups excluding carboxylic acids is 2. The number of halogens is 1. The highest BCUT2D eigenvalue weighted by molar-refractivity contribution is 5.93. The Kier molecular flexibility index (Phi) is 2.95. The van der Waals surface area contributed by atoms with Gasteiger partial charge in [-0.2, -0.15) is 0 Å². The highest BCUT2D eigenvalue weighted by Crippen LogP contribution is 1.96. The van der Waals surface area contributed by atoms with Gasteiger partial charge in [0.15, 0.2) is 0 Å². The van der Waals surface area contributed by atoms with Crippen LogP contribution in [-0.4, -0.2) is 16.9 Å². The third-order valence-electron chi connectivity index (χ3n) is 1.26. The molecule has 6 nitrogen and oxygen atoms in total. The lowest BCUT2D eigenvalue weighted by atomic mass is 10.3. The minimum atomic E-state index is -0.902. The standard InChI is InChI=1S/C7H7FN4O2/c8-4-1-2-5(10-3-4)6(13)11-12-7(9)14/h1-3H,(H,11,13)(H3,9,12,14). The van der Waals surface area contributed by atoms with Crippen molar-refractivity contribution in [2.24, 2.45) is 5.73 Å². The quantitative estimate of drug-likeness (QED) is 0.532. The summed E-state index contributed by atoms with van der Waals surface area (Å²) in [4.78, 5) is 24.8. The van der Waals surface area contributed by atoms with E-state index in [0.717, 1.165) is 12.3 Å². The molecule has 0 aliphatic heterocycles. The van der Waals surface area contributed by atoms with Crippen LogP contribution in [0.25, 0.3) is 0 Å². The number of amides is 3. The molecule has 0 bridgehead atoms. The Morgan fingerprint density at radius 3 is 2.57 bits per heavy atom. The van der Waals surface area contributed by atoms with Crippen LogP contribution in [0.4, 0.5) is 9.18 Å². The van der Waals surface area contributed by atoms with E-state index in [4.69, 9.17) is 5.73 Å². The molecule has 0 atom stereocenters. The number of hydrazine groups is 1. The van der Waals surface area contributed by atoms with Gasteiger partial charge in [-0.25, -0.2) is 19.6 Å². The first kappa shape index (κ1) is 9.90. The minimum Gasteiger partial charge on any atom is -0.350 e. The SMILES string of the molecule is NC(=O)NNC(=O)c1ccc(F)cn1. The Hall–Kier alpha value is -2.18. The molecule has 0 radical (unpaired) electrons. The average molecular weight is 198 g/mol. The fourth-order valence-corrected chi connectivity index (χ4v) is 0.693. The van der Waals surface area contributed by atoms with Crippen molar-refractivity contribution in [1.82, 2.24) is 15.8 Å². The molecule has 7 heteroatoms. The third-order valence-corrected chi connectivity index (χ3v) is 1.26. The Labute approximate surface area is 78.3 Å². The monoisotopic (exact) mass is 198 g/mol. The fourth-order valence-electron chi connectivity index (χ4n) is 0.693. The first-order valence-electron chi connectivity index (χ1n) is 3.57. The van der Waals surface area contributed by atoms with Crippen LogP contribution < -0.4 is 16.6 Å². The molecule has 74 valence electrons. The summed E-state index contributed by atoms with van der Waals surface area (Å²) in [6, 6.07) is 1.35. The number of aromatic nitrogens is 1. The Morgan fingerprint density at radius 1 is 1.36 bits per heavy atom. The Morgan fingerprint density at radius 2 is 2.07 bits per heavy atom. The summed E-state index contributed by atoms with van der Waals surface area (Å²) in [5, 5.41) is 0. The zero-order valence-electron chi connectivity index (χ0n) is 6.95. The van der Waals surface area contributed by atoms with Gasteiger partial charge in [0.2, 0.25) is 0 Å². The van der Waals surface area contributed by atoms with Crippen LogP contribution in [0.15, 0.2) is 18.3 Å². The number of rotatable bonds is 1. The van der Waals surface area contributed by atoms with Crippen LogP contribution in [-0.2, 0) is 0 Å². The average Bonchev–Trinajstić information content (AvgIpc) is 2.15. The Bertz CT molecular complexity index is 351. The summed E-state index contributed by atoms with van der Waals surface area (Å²) >= 11 is 0. The van der Waals surface area contributed by atoms with E-state index in [1.54, 1.807) is 0 Å². The van der Waals surface area contributed by atoms with Crippen molar-refractivity contribution in [3.05, 3.63) is 29.8 Å². The predicted octanol–water partition coefficient (Wildman–Crippen LogP) is -0.466. The zero-order chi connectivity index (χ0) is 10.6. The lowest BCUT2D eigenvalue weighted by Crippen LogP contribution is -2.44. The number of urea groups is 1. The molecule has 4 N–H and O–H groups in total. The van der Waals surface area contributed by atoms with Gasteiger partial charge in [-0.15, -0.1) is 0 Å². The van der Waals surface area contributed by atoms with Gasteiger partial charge < -0.3 is 5.73 Å². The van der Waals surface area contributed by atoms with Crippen LogP contribution in [0.5, 0.6) is 0 Å². The van der Waals surface area contributed by atoms with E-state index in [-0.39, 0.29) is 5.69 Å². The molecule has 0 fully saturated rings. The van der Waals surface area contributed by atoms with Crippen molar-refractivity contribution < 1.29 is 14.0 Å². The number of nitrogens with two attached hydrogens (primary N) is 1. The number of nitrogens with one attached hydrogen (secondary N) is 2. The van der Waals surface area contributed by atoms with Crippen molar-refractivity contribution in [1.29, 1.82) is 0 Å². The largest absolute Gasteiger partial charge is 0.350 e.